The van der Waals surface area contributed by atoms with Crippen molar-refractivity contribution < 1.29 is 56.3 Å². The van der Waals surface area contributed by atoms with E-state index in [2.05, 4.69) is 23.2 Å². The number of rotatable bonds is 13. The number of hydrogen-bond acceptors (Lipinski definition) is 11. The molecular formula is C11H20N5O14P3. The lowest BCUT2D eigenvalue weighted by molar-refractivity contribution is -0.120. The van der Waals surface area contributed by atoms with Crippen molar-refractivity contribution in [1.29, 1.82) is 0 Å². The van der Waals surface area contributed by atoms with Crippen LogP contribution in [0.1, 0.15) is 20.1 Å². The van der Waals surface area contributed by atoms with Gasteiger partial charge in [0.2, 0.25) is 0 Å². The topological polar surface area (TPSA) is 293 Å². The molecule has 0 fully saturated rings. The fourth-order valence-electron chi connectivity index (χ4n) is 2.18. The van der Waals surface area contributed by atoms with E-state index in [1.54, 1.807) is 0 Å². The maximum Gasteiger partial charge on any atom is 0.490 e. The second-order valence-corrected chi connectivity index (χ2v) is 10.5. The van der Waals surface area contributed by atoms with Crippen molar-refractivity contribution in [2.24, 2.45) is 5.11 Å². The average molecular weight is 539 g/mol. The van der Waals surface area contributed by atoms with Crippen molar-refractivity contribution >= 4 is 23.5 Å². The van der Waals surface area contributed by atoms with E-state index in [4.69, 9.17) is 24.9 Å². The van der Waals surface area contributed by atoms with Gasteiger partial charge in [-0.3, -0.25) is 18.9 Å². The molecule has 0 aliphatic heterocycles. The molecule has 4 unspecified atom stereocenters. The third-order valence-electron chi connectivity index (χ3n) is 3.54. The highest BCUT2D eigenvalue weighted by Crippen LogP contribution is 2.66. The molecule has 0 radical (unpaired) electrons. The number of aromatic nitrogens is 2. The minimum absolute atomic E-state index is 0.718. The van der Waals surface area contributed by atoms with E-state index in [0.717, 1.165) is 16.8 Å². The maximum atomic E-state index is 11.9. The van der Waals surface area contributed by atoms with Gasteiger partial charge in [0.25, 0.3) is 5.56 Å². The Hall–Kier alpha value is -1.68. The first-order chi connectivity index (χ1) is 15.0. The van der Waals surface area contributed by atoms with Gasteiger partial charge in [-0.05, 0) is 12.5 Å². The van der Waals surface area contributed by atoms with Crippen LogP contribution in [0.15, 0.2) is 27.0 Å². The van der Waals surface area contributed by atoms with Crippen LogP contribution in [0.25, 0.3) is 10.4 Å². The van der Waals surface area contributed by atoms with Crippen LogP contribution < -0.4 is 11.2 Å². The molecule has 22 heteroatoms. The lowest BCUT2D eigenvalue weighted by Crippen LogP contribution is -2.42. The summed E-state index contributed by atoms with van der Waals surface area (Å²) in [6.07, 6.45) is -3.62. The molecule has 0 bridgehead atoms. The zero-order valence-corrected chi connectivity index (χ0v) is 19.4. The lowest BCUT2D eigenvalue weighted by atomic mass is 10.1. The molecule has 0 spiro atoms. The van der Waals surface area contributed by atoms with E-state index in [1.165, 1.54) is 13.8 Å². The van der Waals surface area contributed by atoms with Crippen molar-refractivity contribution in [3.05, 3.63) is 43.5 Å². The van der Waals surface area contributed by atoms with Gasteiger partial charge < -0.3 is 29.4 Å². The summed E-state index contributed by atoms with van der Waals surface area (Å²) in [5, 5.41) is 13.6. The molecule has 0 aliphatic rings. The molecule has 1 heterocycles. The number of ether oxygens (including phenoxy) is 1. The summed E-state index contributed by atoms with van der Waals surface area (Å²) in [6.45, 7) is 1.39. The molecule has 0 aliphatic carbocycles. The van der Waals surface area contributed by atoms with Gasteiger partial charge in [0.15, 0.2) is 0 Å². The Morgan fingerprint density at radius 1 is 1.15 bits per heavy atom. The Bertz CT molecular complexity index is 1120. The summed E-state index contributed by atoms with van der Waals surface area (Å²) >= 11 is 0. The number of phosphoric ester groups is 1. The zero-order chi connectivity index (χ0) is 25.6. The third-order valence-corrected chi connectivity index (χ3v) is 7.34. The normalized spacial score (nSPS) is 19.4. The van der Waals surface area contributed by atoms with Crippen LogP contribution in [0, 0.1) is 0 Å². The highest BCUT2D eigenvalue weighted by molar-refractivity contribution is 7.66. The number of aliphatic hydroxyl groups excluding tert-OH is 1. The number of aromatic amines is 1. The van der Waals surface area contributed by atoms with Crippen molar-refractivity contribution in [3.8, 4) is 0 Å². The molecule has 6 N–H and O–H groups in total. The smallest absolute Gasteiger partial charge is 0.390 e. The number of hydrogen-bond donors (Lipinski definition) is 6. The summed E-state index contributed by atoms with van der Waals surface area (Å²) in [7, 11) is -17.0. The highest BCUT2D eigenvalue weighted by Gasteiger charge is 2.41. The lowest BCUT2D eigenvalue weighted by Gasteiger charge is -2.29. The molecule has 0 saturated heterocycles. The Morgan fingerprint density at radius 3 is 2.27 bits per heavy atom. The van der Waals surface area contributed by atoms with E-state index >= 15 is 0 Å². The molecule has 1 aromatic heterocycles. The first kappa shape index (κ1) is 29.4. The maximum absolute atomic E-state index is 11.9. The second-order valence-electron chi connectivity index (χ2n) is 6.11. The van der Waals surface area contributed by atoms with Gasteiger partial charge in [-0.2, -0.15) is 8.62 Å². The minimum atomic E-state index is -5.79. The fourth-order valence-corrected chi connectivity index (χ4v) is 5.21. The Kier molecular flexibility index (Phi) is 10.4. The predicted octanol–water partition coefficient (Wildman–Crippen LogP) is -0.157. The molecule has 0 amide bonds. The van der Waals surface area contributed by atoms with Crippen LogP contribution in [0.2, 0.25) is 0 Å². The van der Waals surface area contributed by atoms with Crippen LogP contribution in [-0.2, 0) is 31.6 Å². The first-order valence-corrected chi connectivity index (χ1v) is 13.0. The summed E-state index contributed by atoms with van der Waals surface area (Å²) in [5.41, 5.74) is 6.89. The van der Waals surface area contributed by atoms with Gasteiger partial charge in [0.1, 0.15) is 12.3 Å². The Balaban J connectivity index is 3.07. The number of nitrogens with one attached hydrogen (secondary N) is 1. The monoisotopic (exact) mass is 539 g/mol. The molecular weight excluding hydrogens is 519 g/mol. The van der Waals surface area contributed by atoms with Crippen molar-refractivity contribution in [2.75, 3.05) is 6.61 Å². The SMILES string of the molecule is CC(N=[N+]=[N-])[C@H](O)[C@@H](COP(=O)(O)OP(=O)(O)OP(=O)(O)O)OC(C)n1ccc(=O)[nH]c1=O. The Morgan fingerprint density at radius 2 is 1.76 bits per heavy atom. The largest absolute Gasteiger partial charge is 0.490 e. The van der Waals surface area contributed by atoms with Crippen LogP contribution in [0.5, 0.6) is 0 Å². The molecule has 0 aromatic carbocycles. The van der Waals surface area contributed by atoms with E-state index in [-0.39, 0.29) is 0 Å². The third kappa shape index (κ3) is 10.4. The molecule has 19 nitrogen and oxygen atoms in total. The van der Waals surface area contributed by atoms with Crippen molar-refractivity contribution in [2.45, 2.75) is 38.3 Å². The van der Waals surface area contributed by atoms with Crippen LogP contribution in [0.4, 0.5) is 0 Å². The van der Waals surface area contributed by atoms with E-state index in [9.17, 15) is 33.3 Å². The van der Waals surface area contributed by atoms with Crippen LogP contribution >= 0.6 is 23.5 Å². The summed E-state index contributed by atoms with van der Waals surface area (Å²) in [4.78, 5) is 63.3. The van der Waals surface area contributed by atoms with Crippen molar-refractivity contribution in [1.82, 2.24) is 9.55 Å². The van der Waals surface area contributed by atoms with E-state index in [0.29, 0.717) is 0 Å². The molecule has 0 saturated carbocycles. The number of nitrogens with zero attached hydrogens (tertiary/aromatic N) is 4. The highest BCUT2D eigenvalue weighted by atomic mass is 31.3. The number of phosphoric acid groups is 3. The van der Waals surface area contributed by atoms with E-state index in [1.807, 2.05) is 4.98 Å². The molecule has 188 valence electrons. The van der Waals surface area contributed by atoms with Gasteiger partial charge >= 0.3 is 29.2 Å². The number of aliphatic hydroxyl groups is 1. The fraction of sp³-hybridized carbons (Fsp3) is 0.636. The molecule has 33 heavy (non-hydrogen) atoms. The quantitative estimate of drug-likeness (QED) is 0.0822. The number of azide groups is 1. The van der Waals surface area contributed by atoms with E-state index < -0.39 is 65.8 Å². The summed E-state index contributed by atoms with van der Waals surface area (Å²) in [5.74, 6) is 0. The number of H-pyrrole nitrogens is 1. The summed E-state index contributed by atoms with van der Waals surface area (Å²) < 4.78 is 51.8. The van der Waals surface area contributed by atoms with Gasteiger partial charge in [-0.1, -0.05) is 12.0 Å². The molecule has 1 rings (SSSR count). The van der Waals surface area contributed by atoms with Crippen LogP contribution in [0.3, 0.4) is 0 Å². The second kappa shape index (κ2) is 11.6. The van der Waals surface area contributed by atoms with Crippen LogP contribution in [-0.4, -0.2) is 59.1 Å². The van der Waals surface area contributed by atoms with Gasteiger partial charge in [0.05, 0.1) is 18.8 Å². The van der Waals surface area contributed by atoms with Gasteiger partial charge in [0, 0.05) is 17.2 Å². The first-order valence-electron chi connectivity index (χ1n) is 8.44. The zero-order valence-electron chi connectivity index (χ0n) is 16.7. The Labute approximate surface area is 183 Å². The molecule has 1 aromatic rings. The summed E-state index contributed by atoms with van der Waals surface area (Å²) in [6, 6.07) is -0.245. The minimum Gasteiger partial charge on any atom is -0.390 e. The standard InChI is InChI=1S/C11H20N5O14P3/c1-6(14-15-12)10(18)8(28-7(2)16-4-3-9(17)13-11(16)19)5-27-32(23,24)30-33(25,26)29-31(20,21)22/h3-4,6-8,10,18H,5H2,1-2H3,(H,23,24)(H,25,26)(H,13,17,19)(H2,20,21,22)/t6?,7?,8-,10+/m1/s1. The predicted molar refractivity (Wildman–Crippen MR) is 105 cm³/mol. The average Bonchev–Trinajstić information content (AvgIpc) is 2.61. The molecule has 6 atom stereocenters. The van der Waals surface area contributed by atoms with Gasteiger partial charge in [-0.25, -0.2) is 18.5 Å². The van der Waals surface area contributed by atoms with Gasteiger partial charge in [-0.15, -0.1) is 0 Å². The van der Waals surface area contributed by atoms with Crippen molar-refractivity contribution in [3.63, 3.8) is 0 Å².